The normalized spacial score (nSPS) is 17.4. The molecule has 0 radical (unpaired) electrons. The Labute approximate surface area is 154 Å². The summed E-state index contributed by atoms with van der Waals surface area (Å²) in [5.41, 5.74) is 3.18. The monoisotopic (exact) mass is 357 g/mol. The molecule has 140 valence electrons. The van der Waals surface area contributed by atoms with Crippen LogP contribution in [0.5, 0.6) is 5.75 Å². The summed E-state index contributed by atoms with van der Waals surface area (Å²) >= 11 is 0. The van der Waals surface area contributed by atoms with Gasteiger partial charge in [-0.15, -0.1) is 0 Å². The summed E-state index contributed by atoms with van der Waals surface area (Å²) in [6, 6.07) is 8.05. The van der Waals surface area contributed by atoms with Crippen molar-refractivity contribution >= 4 is 5.91 Å². The number of carbonyl (C=O) groups is 1. The maximum Gasteiger partial charge on any atom is 0.220 e. The molecule has 6 nitrogen and oxygen atoms in total. The lowest BCUT2D eigenvalue weighted by atomic mass is 10.1. The van der Waals surface area contributed by atoms with E-state index in [1.807, 2.05) is 38.1 Å². The minimum absolute atomic E-state index is 0.0973. The van der Waals surface area contributed by atoms with Gasteiger partial charge < -0.3 is 14.6 Å². The number of aromatic nitrogens is 1. The van der Waals surface area contributed by atoms with Gasteiger partial charge in [0.2, 0.25) is 5.91 Å². The SMILES string of the molecule is COc1ccccc1CCC(=O)N[C@@H]1CCN(Cc2c(C)noc2C)C1. The van der Waals surface area contributed by atoms with Crippen LogP contribution in [0.25, 0.3) is 0 Å². The van der Waals surface area contributed by atoms with Crippen molar-refractivity contribution in [3.63, 3.8) is 0 Å². The Balaban J connectivity index is 1.45. The van der Waals surface area contributed by atoms with Crippen molar-refractivity contribution < 1.29 is 14.1 Å². The predicted octanol–water partition coefficient (Wildman–Crippen LogP) is 2.62. The van der Waals surface area contributed by atoms with Crippen molar-refractivity contribution in [1.29, 1.82) is 0 Å². The number of methoxy groups -OCH3 is 1. The van der Waals surface area contributed by atoms with Crippen molar-refractivity contribution in [2.24, 2.45) is 0 Å². The molecule has 1 saturated heterocycles. The summed E-state index contributed by atoms with van der Waals surface area (Å²) in [4.78, 5) is 14.7. The second kappa shape index (κ2) is 8.36. The van der Waals surface area contributed by atoms with E-state index >= 15 is 0 Å². The molecule has 6 heteroatoms. The lowest BCUT2D eigenvalue weighted by molar-refractivity contribution is -0.121. The molecule has 1 amide bonds. The average molecular weight is 357 g/mol. The molecule has 0 bridgehead atoms. The van der Waals surface area contributed by atoms with Crippen LogP contribution < -0.4 is 10.1 Å². The molecule has 0 unspecified atom stereocenters. The van der Waals surface area contributed by atoms with Crippen LogP contribution in [-0.2, 0) is 17.8 Å². The van der Waals surface area contributed by atoms with E-state index in [0.717, 1.165) is 54.4 Å². The third-order valence-electron chi connectivity index (χ3n) is 5.01. The second-order valence-electron chi connectivity index (χ2n) is 6.90. The molecule has 1 N–H and O–H groups in total. The Morgan fingerprint density at radius 3 is 2.92 bits per heavy atom. The van der Waals surface area contributed by atoms with Crippen molar-refractivity contribution in [3.8, 4) is 5.75 Å². The first kappa shape index (κ1) is 18.5. The van der Waals surface area contributed by atoms with Gasteiger partial charge in [-0.1, -0.05) is 23.4 Å². The van der Waals surface area contributed by atoms with Gasteiger partial charge in [0.1, 0.15) is 11.5 Å². The van der Waals surface area contributed by atoms with Gasteiger partial charge in [-0.3, -0.25) is 9.69 Å². The Morgan fingerprint density at radius 1 is 1.38 bits per heavy atom. The van der Waals surface area contributed by atoms with Crippen LogP contribution >= 0.6 is 0 Å². The smallest absolute Gasteiger partial charge is 0.220 e. The molecule has 26 heavy (non-hydrogen) atoms. The first-order valence-corrected chi connectivity index (χ1v) is 9.12. The topological polar surface area (TPSA) is 67.6 Å². The Bertz CT molecular complexity index is 737. The third kappa shape index (κ3) is 4.43. The summed E-state index contributed by atoms with van der Waals surface area (Å²) in [6.07, 6.45) is 2.13. The highest BCUT2D eigenvalue weighted by molar-refractivity contribution is 5.76. The van der Waals surface area contributed by atoms with Gasteiger partial charge in [0.15, 0.2) is 0 Å². The molecule has 0 saturated carbocycles. The van der Waals surface area contributed by atoms with Crippen LogP contribution in [0.4, 0.5) is 0 Å². The summed E-state index contributed by atoms with van der Waals surface area (Å²) in [6.45, 7) is 6.59. The van der Waals surface area contributed by atoms with E-state index < -0.39 is 0 Å². The lowest BCUT2D eigenvalue weighted by Gasteiger charge is -2.16. The zero-order chi connectivity index (χ0) is 18.5. The van der Waals surface area contributed by atoms with Gasteiger partial charge >= 0.3 is 0 Å². The molecule has 1 atom stereocenters. The van der Waals surface area contributed by atoms with Crippen molar-refractivity contribution in [1.82, 2.24) is 15.4 Å². The number of para-hydroxylation sites is 1. The fraction of sp³-hybridized carbons (Fsp3) is 0.500. The van der Waals surface area contributed by atoms with E-state index in [4.69, 9.17) is 9.26 Å². The minimum atomic E-state index is 0.0973. The minimum Gasteiger partial charge on any atom is -0.496 e. The third-order valence-corrected chi connectivity index (χ3v) is 5.01. The first-order chi connectivity index (χ1) is 12.6. The molecular weight excluding hydrogens is 330 g/mol. The molecule has 1 aromatic carbocycles. The van der Waals surface area contributed by atoms with Crippen molar-refractivity contribution in [2.45, 2.75) is 45.7 Å². The van der Waals surface area contributed by atoms with E-state index in [2.05, 4.69) is 15.4 Å². The highest BCUT2D eigenvalue weighted by atomic mass is 16.5. The molecule has 3 rings (SSSR count). The van der Waals surface area contributed by atoms with Gasteiger partial charge in [-0.25, -0.2) is 0 Å². The van der Waals surface area contributed by atoms with Gasteiger partial charge in [0, 0.05) is 37.7 Å². The molecule has 2 heterocycles. The van der Waals surface area contributed by atoms with E-state index in [1.165, 1.54) is 0 Å². The van der Waals surface area contributed by atoms with E-state index in [0.29, 0.717) is 12.8 Å². The number of hydrogen-bond donors (Lipinski definition) is 1. The standard InChI is InChI=1S/C20H27N3O3/c1-14-18(15(2)26-22-14)13-23-11-10-17(12-23)21-20(24)9-8-16-6-4-5-7-19(16)25-3/h4-7,17H,8-13H2,1-3H3,(H,21,24)/t17-/m1/s1. The Morgan fingerprint density at radius 2 is 2.19 bits per heavy atom. The number of nitrogens with one attached hydrogen (secondary N) is 1. The van der Waals surface area contributed by atoms with Gasteiger partial charge in [-0.2, -0.15) is 0 Å². The van der Waals surface area contributed by atoms with Crippen LogP contribution in [-0.4, -0.2) is 42.2 Å². The van der Waals surface area contributed by atoms with Crippen LogP contribution in [0.15, 0.2) is 28.8 Å². The second-order valence-corrected chi connectivity index (χ2v) is 6.90. The largest absolute Gasteiger partial charge is 0.496 e. The molecule has 1 fully saturated rings. The molecule has 1 aliphatic rings. The van der Waals surface area contributed by atoms with Gasteiger partial charge in [0.05, 0.1) is 12.8 Å². The van der Waals surface area contributed by atoms with E-state index in [1.54, 1.807) is 7.11 Å². The zero-order valence-corrected chi connectivity index (χ0v) is 15.7. The number of hydrogen-bond acceptors (Lipinski definition) is 5. The number of carbonyl (C=O) groups excluding carboxylic acids is 1. The number of rotatable bonds is 7. The quantitative estimate of drug-likeness (QED) is 0.825. The van der Waals surface area contributed by atoms with Crippen molar-refractivity contribution in [2.75, 3.05) is 20.2 Å². The van der Waals surface area contributed by atoms with Crippen LogP contribution in [0.2, 0.25) is 0 Å². The number of likely N-dealkylation sites (tertiary alicyclic amines) is 1. The number of nitrogens with zero attached hydrogens (tertiary/aromatic N) is 2. The maximum atomic E-state index is 12.3. The van der Waals surface area contributed by atoms with E-state index in [9.17, 15) is 4.79 Å². The predicted molar refractivity (Wildman–Crippen MR) is 99.1 cm³/mol. The molecule has 2 aromatic rings. The van der Waals surface area contributed by atoms with Crippen LogP contribution in [0.1, 0.15) is 35.4 Å². The molecule has 0 aliphatic carbocycles. The Hall–Kier alpha value is -2.34. The summed E-state index contributed by atoms with van der Waals surface area (Å²) in [5.74, 6) is 1.82. The highest BCUT2D eigenvalue weighted by Gasteiger charge is 2.25. The highest BCUT2D eigenvalue weighted by Crippen LogP contribution is 2.20. The number of aryl methyl sites for hydroxylation is 3. The summed E-state index contributed by atoms with van der Waals surface area (Å²) in [7, 11) is 1.66. The maximum absolute atomic E-state index is 12.3. The van der Waals surface area contributed by atoms with Crippen LogP contribution in [0, 0.1) is 13.8 Å². The number of benzene rings is 1. The fourth-order valence-electron chi connectivity index (χ4n) is 3.50. The number of ether oxygens (including phenoxy) is 1. The van der Waals surface area contributed by atoms with Crippen molar-refractivity contribution in [3.05, 3.63) is 46.8 Å². The van der Waals surface area contributed by atoms with E-state index in [-0.39, 0.29) is 11.9 Å². The zero-order valence-electron chi connectivity index (χ0n) is 15.7. The lowest BCUT2D eigenvalue weighted by Crippen LogP contribution is -2.37. The molecule has 1 aliphatic heterocycles. The molecule has 1 aromatic heterocycles. The average Bonchev–Trinajstić information content (AvgIpc) is 3.21. The first-order valence-electron chi connectivity index (χ1n) is 9.12. The fourth-order valence-corrected chi connectivity index (χ4v) is 3.50. The van der Waals surface area contributed by atoms with Gasteiger partial charge in [-0.05, 0) is 38.3 Å². The Kier molecular flexibility index (Phi) is 5.93. The van der Waals surface area contributed by atoms with Gasteiger partial charge in [0.25, 0.3) is 0 Å². The summed E-state index contributed by atoms with van der Waals surface area (Å²) in [5, 5.41) is 7.18. The van der Waals surface area contributed by atoms with Crippen LogP contribution in [0.3, 0.4) is 0 Å². The number of amides is 1. The molecule has 0 spiro atoms. The summed E-state index contributed by atoms with van der Waals surface area (Å²) < 4.78 is 10.6. The molecular formula is C20H27N3O3.